The third kappa shape index (κ3) is 2.55. The number of hydrogen-bond donors (Lipinski definition) is 1. The molecule has 4 rings (SSSR count). The summed E-state index contributed by atoms with van der Waals surface area (Å²) >= 11 is 0. The van der Waals surface area contributed by atoms with Crippen molar-refractivity contribution in [2.75, 3.05) is 13.2 Å². The molecule has 0 radical (unpaired) electrons. The van der Waals surface area contributed by atoms with Crippen LogP contribution < -0.4 is 5.32 Å². The van der Waals surface area contributed by atoms with E-state index >= 15 is 0 Å². The van der Waals surface area contributed by atoms with Crippen LogP contribution in [0.5, 0.6) is 0 Å². The first-order valence-corrected chi connectivity index (χ1v) is 9.56. The molecule has 3 aliphatic rings. The molecule has 3 atom stereocenters. The van der Waals surface area contributed by atoms with Gasteiger partial charge in [0.2, 0.25) is 0 Å². The Hall–Kier alpha value is -1.62. The van der Waals surface area contributed by atoms with Crippen LogP contribution in [0, 0.1) is 10.8 Å². The first-order valence-electron chi connectivity index (χ1n) is 9.56. The Kier molecular flexibility index (Phi) is 4.02. The van der Waals surface area contributed by atoms with Gasteiger partial charge in [0.05, 0.1) is 12.1 Å². The summed E-state index contributed by atoms with van der Waals surface area (Å²) in [5.74, 6) is 0. The maximum absolute atomic E-state index is 12.9. The molecule has 0 aromatic carbocycles. The number of aromatic nitrogens is 1. The van der Waals surface area contributed by atoms with E-state index in [1.807, 2.05) is 17.2 Å². The number of likely N-dealkylation sites (tertiary alicyclic amines) is 1. The standard InChI is InChI=1S/C20H29N3O2/c1-4-25-16-11-15(20(16)8-6-9-20)22-18(24)23-13-19(2,3)17(23)14-7-5-10-21-12-14/h5,7,10,12,15-17H,4,6,8-9,11,13H2,1-3H3,(H,22,24). The van der Waals surface area contributed by atoms with Crippen LogP contribution >= 0.6 is 0 Å². The van der Waals surface area contributed by atoms with Gasteiger partial charge in [0, 0.05) is 42.4 Å². The predicted octanol–water partition coefficient (Wildman–Crippen LogP) is 3.52. The zero-order valence-corrected chi connectivity index (χ0v) is 15.5. The molecule has 3 unspecified atom stereocenters. The van der Waals surface area contributed by atoms with Crippen LogP contribution in [0.2, 0.25) is 0 Å². The third-order valence-electron chi connectivity index (χ3n) is 6.63. The molecular formula is C20H29N3O2. The molecule has 1 aliphatic heterocycles. The number of nitrogens with zero attached hydrogens (tertiary/aromatic N) is 2. The highest BCUT2D eigenvalue weighted by atomic mass is 16.5. The van der Waals surface area contributed by atoms with Crippen molar-refractivity contribution in [3.63, 3.8) is 0 Å². The van der Waals surface area contributed by atoms with Crippen molar-refractivity contribution in [3.05, 3.63) is 30.1 Å². The Bertz CT molecular complexity index is 642. The van der Waals surface area contributed by atoms with Gasteiger partial charge in [-0.05, 0) is 37.8 Å². The summed E-state index contributed by atoms with van der Waals surface area (Å²) in [6, 6.07) is 4.45. The number of carbonyl (C=O) groups excluding carboxylic acids is 1. The Balaban J connectivity index is 1.43. The van der Waals surface area contributed by atoms with E-state index in [1.54, 1.807) is 6.20 Å². The highest BCUT2D eigenvalue weighted by Crippen LogP contribution is 2.57. The molecule has 25 heavy (non-hydrogen) atoms. The summed E-state index contributed by atoms with van der Waals surface area (Å²) in [7, 11) is 0. The molecule has 2 amide bonds. The number of rotatable bonds is 4. The maximum atomic E-state index is 12.9. The molecule has 1 aromatic rings. The fourth-order valence-electron chi connectivity index (χ4n) is 5.16. The number of nitrogens with one attached hydrogen (secondary N) is 1. The van der Waals surface area contributed by atoms with Crippen molar-refractivity contribution in [2.24, 2.45) is 10.8 Å². The molecule has 1 spiro atoms. The van der Waals surface area contributed by atoms with Crippen molar-refractivity contribution in [2.45, 2.75) is 64.6 Å². The number of pyridine rings is 1. The van der Waals surface area contributed by atoms with E-state index in [9.17, 15) is 4.79 Å². The molecule has 1 N–H and O–H groups in total. The van der Waals surface area contributed by atoms with Gasteiger partial charge >= 0.3 is 6.03 Å². The van der Waals surface area contributed by atoms with E-state index in [1.165, 1.54) is 19.3 Å². The smallest absolute Gasteiger partial charge is 0.318 e. The zero-order chi connectivity index (χ0) is 17.7. The highest BCUT2D eigenvalue weighted by Gasteiger charge is 2.60. The molecule has 1 aromatic heterocycles. The third-order valence-corrected chi connectivity index (χ3v) is 6.63. The van der Waals surface area contributed by atoms with Crippen molar-refractivity contribution in [1.82, 2.24) is 15.2 Å². The van der Waals surface area contributed by atoms with Gasteiger partial charge in [-0.2, -0.15) is 0 Å². The van der Waals surface area contributed by atoms with Crippen molar-refractivity contribution < 1.29 is 9.53 Å². The second-order valence-electron chi connectivity index (χ2n) is 8.57. The lowest BCUT2D eigenvalue weighted by molar-refractivity contribution is -0.171. The van der Waals surface area contributed by atoms with Crippen LogP contribution in [-0.4, -0.2) is 41.2 Å². The first kappa shape index (κ1) is 16.8. The van der Waals surface area contributed by atoms with Crippen molar-refractivity contribution in [3.8, 4) is 0 Å². The van der Waals surface area contributed by atoms with E-state index in [0.29, 0.717) is 6.10 Å². The Morgan fingerprint density at radius 3 is 2.80 bits per heavy atom. The molecule has 5 heteroatoms. The van der Waals surface area contributed by atoms with Crippen LogP contribution in [0.25, 0.3) is 0 Å². The van der Waals surface area contributed by atoms with Crippen LogP contribution in [0.15, 0.2) is 24.5 Å². The molecular weight excluding hydrogens is 314 g/mol. The van der Waals surface area contributed by atoms with Crippen LogP contribution in [0.4, 0.5) is 4.79 Å². The lowest BCUT2D eigenvalue weighted by atomic mass is 9.51. The summed E-state index contributed by atoms with van der Waals surface area (Å²) in [5, 5.41) is 3.32. The van der Waals surface area contributed by atoms with Crippen molar-refractivity contribution in [1.29, 1.82) is 0 Å². The Morgan fingerprint density at radius 2 is 2.24 bits per heavy atom. The SMILES string of the molecule is CCOC1CC(NC(=O)N2CC(C)(C)C2c2cccnc2)C12CCC2. The monoisotopic (exact) mass is 343 g/mol. The minimum Gasteiger partial charge on any atom is -0.378 e. The zero-order valence-electron chi connectivity index (χ0n) is 15.5. The second-order valence-corrected chi connectivity index (χ2v) is 8.57. The number of hydrogen-bond acceptors (Lipinski definition) is 3. The lowest BCUT2D eigenvalue weighted by Gasteiger charge is -2.62. The normalized spacial score (nSPS) is 31.6. The second kappa shape index (κ2) is 5.97. The summed E-state index contributed by atoms with van der Waals surface area (Å²) in [5.41, 5.74) is 1.41. The minimum absolute atomic E-state index is 0.0689. The van der Waals surface area contributed by atoms with E-state index in [-0.39, 0.29) is 28.9 Å². The molecule has 2 aliphatic carbocycles. The summed E-state index contributed by atoms with van der Waals surface area (Å²) in [6.45, 7) is 8.04. The van der Waals surface area contributed by atoms with Crippen LogP contribution in [-0.2, 0) is 4.74 Å². The topological polar surface area (TPSA) is 54.5 Å². The molecule has 3 fully saturated rings. The lowest BCUT2D eigenvalue weighted by Crippen LogP contribution is -2.70. The molecule has 2 saturated carbocycles. The highest BCUT2D eigenvalue weighted by molar-refractivity contribution is 5.77. The van der Waals surface area contributed by atoms with Gasteiger partial charge in [-0.25, -0.2) is 4.79 Å². The number of urea groups is 1. The average Bonchev–Trinajstić information content (AvgIpc) is 2.51. The molecule has 5 nitrogen and oxygen atoms in total. The van der Waals surface area contributed by atoms with Gasteiger partial charge in [-0.15, -0.1) is 0 Å². The van der Waals surface area contributed by atoms with E-state index in [4.69, 9.17) is 4.74 Å². The van der Waals surface area contributed by atoms with Gasteiger partial charge < -0.3 is 15.0 Å². The van der Waals surface area contributed by atoms with Gasteiger partial charge in [0.15, 0.2) is 0 Å². The summed E-state index contributed by atoms with van der Waals surface area (Å²) in [4.78, 5) is 19.2. The fraction of sp³-hybridized carbons (Fsp3) is 0.700. The molecule has 1 saturated heterocycles. The van der Waals surface area contributed by atoms with Crippen LogP contribution in [0.3, 0.4) is 0 Å². The van der Waals surface area contributed by atoms with Gasteiger partial charge in [-0.3, -0.25) is 4.98 Å². The Labute approximate surface area is 150 Å². The van der Waals surface area contributed by atoms with Gasteiger partial charge in [-0.1, -0.05) is 26.3 Å². The largest absolute Gasteiger partial charge is 0.378 e. The average molecular weight is 343 g/mol. The number of ether oxygens (including phenoxy) is 1. The maximum Gasteiger partial charge on any atom is 0.318 e. The molecule has 136 valence electrons. The molecule has 0 bridgehead atoms. The Morgan fingerprint density at radius 1 is 1.44 bits per heavy atom. The van der Waals surface area contributed by atoms with E-state index in [2.05, 4.69) is 37.1 Å². The van der Waals surface area contributed by atoms with Crippen molar-refractivity contribution >= 4 is 6.03 Å². The van der Waals surface area contributed by atoms with Crippen LogP contribution in [0.1, 0.15) is 58.1 Å². The van der Waals surface area contributed by atoms with E-state index in [0.717, 1.165) is 25.1 Å². The minimum atomic E-state index is 0.0689. The van der Waals surface area contributed by atoms with Gasteiger partial charge in [0.1, 0.15) is 0 Å². The number of amides is 2. The predicted molar refractivity (Wildman–Crippen MR) is 96.1 cm³/mol. The summed E-state index contributed by atoms with van der Waals surface area (Å²) < 4.78 is 5.90. The fourth-order valence-corrected chi connectivity index (χ4v) is 5.16. The number of carbonyl (C=O) groups is 1. The molecule has 2 heterocycles. The van der Waals surface area contributed by atoms with Gasteiger partial charge in [0.25, 0.3) is 0 Å². The quantitative estimate of drug-likeness (QED) is 0.910. The first-order chi connectivity index (χ1) is 12.0. The summed E-state index contributed by atoms with van der Waals surface area (Å²) in [6.07, 6.45) is 8.56. The van der Waals surface area contributed by atoms with E-state index < -0.39 is 0 Å².